The average molecular weight is 143 g/mol. The maximum absolute atomic E-state index is 10.7. The van der Waals surface area contributed by atoms with E-state index in [0.717, 1.165) is 0 Å². The van der Waals surface area contributed by atoms with Gasteiger partial charge < -0.3 is 14.8 Å². The normalized spacial score (nSPS) is 39.0. The lowest BCUT2D eigenvalue weighted by Crippen LogP contribution is -2.50. The molecule has 2 atom stereocenters. The maximum Gasteiger partial charge on any atom is 0.246 e. The van der Waals surface area contributed by atoms with Crippen molar-refractivity contribution < 1.29 is 14.3 Å². The Morgan fingerprint density at radius 3 is 3.30 bits per heavy atom. The largest absolute Gasteiger partial charge is 0.376 e. The molecule has 56 valence electrons. The summed E-state index contributed by atoms with van der Waals surface area (Å²) in [7, 11) is 0. The predicted octanol–water partition coefficient (Wildman–Crippen LogP) is -1.10. The van der Waals surface area contributed by atoms with Crippen molar-refractivity contribution in [1.29, 1.82) is 0 Å². The standard InChI is InChI=1S/C6H9NO3/c8-6-3-10-5-2-9-1-4(5)7-6/h4-5H,1-3H2,(H,7,8)/t4-,5+/m1/s1. The number of fused-ring (bicyclic) bond motifs is 1. The Morgan fingerprint density at radius 2 is 2.40 bits per heavy atom. The van der Waals surface area contributed by atoms with E-state index in [0.29, 0.717) is 13.2 Å². The minimum atomic E-state index is -0.0354. The van der Waals surface area contributed by atoms with Crippen LogP contribution >= 0.6 is 0 Å². The van der Waals surface area contributed by atoms with Gasteiger partial charge in [0.05, 0.1) is 19.3 Å². The highest BCUT2D eigenvalue weighted by Crippen LogP contribution is 2.12. The molecule has 1 amide bonds. The zero-order valence-corrected chi connectivity index (χ0v) is 5.50. The van der Waals surface area contributed by atoms with E-state index in [1.165, 1.54) is 0 Å². The molecule has 2 rings (SSSR count). The van der Waals surface area contributed by atoms with Crippen LogP contribution in [-0.2, 0) is 14.3 Å². The highest BCUT2D eigenvalue weighted by Gasteiger charge is 2.34. The summed E-state index contributed by atoms with van der Waals surface area (Å²) in [6, 6.07) is 0.0984. The molecule has 4 nitrogen and oxygen atoms in total. The third-order valence-corrected chi connectivity index (χ3v) is 1.80. The van der Waals surface area contributed by atoms with Gasteiger partial charge in [0.15, 0.2) is 0 Å². The van der Waals surface area contributed by atoms with Gasteiger partial charge in [0.2, 0.25) is 5.91 Å². The van der Waals surface area contributed by atoms with E-state index in [2.05, 4.69) is 5.32 Å². The number of nitrogens with one attached hydrogen (secondary N) is 1. The minimum Gasteiger partial charge on any atom is -0.376 e. The Kier molecular flexibility index (Phi) is 1.35. The summed E-state index contributed by atoms with van der Waals surface area (Å²) >= 11 is 0. The van der Waals surface area contributed by atoms with Crippen molar-refractivity contribution in [1.82, 2.24) is 5.32 Å². The highest BCUT2D eigenvalue weighted by atomic mass is 16.6. The Balaban J connectivity index is 2.03. The van der Waals surface area contributed by atoms with Gasteiger partial charge >= 0.3 is 0 Å². The second-order valence-electron chi connectivity index (χ2n) is 2.56. The van der Waals surface area contributed by atoms with Crippen LogP contribution in [0.2, 0.25) is 0 Å². The molecule has 0 unspecified atom stereocenters. The first kappa shape index (κ1) is 6.12. The Morgan fingerprint density at radius 1 is 1.50 bits per heavy atom. The lowest BCUT2D eigenvalue weighted by atomic mass is 10.2. The molecular weight excluding hydrogens is 134 g/mol. The molecule has 1 N–H and O–H groups in total. The number of amides is 1. The summed E-state index contributed by atoms with van der Waals surface area (Å²) in [5.74, 6) is -0.0354. The Hall–Kier alpha value is -0.610. The highest BCUT2D eigenvalue weighted by molar-refractivity contribution is 5.78. The van der Waals surface area contributed by atoms with Gasteiger partial charge in [-0.1, -0.05) is 0 Å². The molecule has 2 heterocycles. The van der Waals surface area contributed by atoms with E-state index in [4.69, 9.17) is 9.47 Å². The van der Waals surface area contributed by atoms with Gasteiger partial charge in [-0.05, 0) is 0 Å². The van der Waals surface area contributed by atoms with Crippen LogP contribution in [0.3, 0.4) is 0 Å². The Labute approximate surface area is 58.5 Å². The molecule has 4 heteroatoms. The molecule has 0 bridgehead atoms. The van der Waals surface area contributed by atoms with Gasteiger partial charge in [-0.15, -0.1) is 0 Å². The van der Waals surface area contributed by atoms with Crippen molar-refractivity contribution in [2.24, 2.45) is 0 Å². The predicted molar refractivity (Wildman–Crippen MR) is 32.5 cm³/mol. The van der Waals surface area contributed by atoms with Crippen LogP contribution in [0.5, 0.6) is 0 Å². The number of hydrogen-bond donors (Lipinski definition) is 1. The van der Waals surface area contributed by atoms with Gasteiger partial charge in [-0.2, -0.15) is 0 Å². The summed E-state index contributed by atoms with van der Waals surface area (Å²) < 4.78 is 10.3. The fourth-order valence-electron chi connectivity index (χ4n) is 1.26. The molecule has 2 saturated heterocycles. The fraction of sp³-hybridized carbons (Fsp3) is 0.833. The van der Waals surface area contributed by atoms with Crippen LogP contribution in [0.15, 0.2) is 0 Å². The SMILES string of the molecule is O=C1CO[C@H]2COC[C@H]2N1. The molecule has 2 fully saturated rings. The first-order valence-electron chi connectivity index (χ1n) is 3.35. The smallest absolute Gasteiger partial charge is 0.246 e. The number of morpholine rings is 1. The number of carbonyl (C=O) groups excluding carboxylic acids is 1. The third kappa shape index (κ3) is 0.892. The van der Waals surface area contributed by atoms with Crippen LogP contribution in [0.1, 0.15) is 0 Å². The first-order chi connectivity index (χ1) is 4.86. The zero-order chi connectivity index (χ0) is 6.97. The van der Waals surface area contributed by atoms with Crippen LogP contribution in [0.25, 0.3) is 0 Å². The molecular formula is C6H9NO3. The second kappa shape index (κ2) is 2.21. The van der Waals surface area contributed by atoms with Crippen LogP contribution < -0.4 is 5.32 Å². The topological polar surface area (TPSA) is 47.6 Å². The molecule has 0 aromatic carbocycles. The van der Waals surface area contributed by atoms with Crippen LogP contribution in [-0.4, -0.2) is 37.9 Å². The van der Waals surface area contributed by atoms with Gasteiger partial charge in [-0.3, -0.25) is 4.79 Å². The summed E-state index contributed by atoms with van der Waals surface area (Å²) in [5.41, 5.74) is 0. The van der Waals surface area contributed by atoms with Crippen LogP contribution in [0, 0.1) is 0 Å². The van der Waals surface area contributed by atoms with Crippen molar-refractivity contribution in [3.63, 3.8) is 0 Å². The lowest BCUT2D eigenvalue weighted by Gasteiger charge is -2.24. The molecule has 0 aliphatic carbocycles. The van der Waals surface area contributed by atoms with E-state index >= 15 is 0 Å². The maximum atomic E-state index is 10.7. The third-order valence-electron chi connectivity index (χ3n) is 1.80. The van der Waals surface area contributed by atoms with Crippen molar-refractivity contribution >= 4 is 5.91 Å². The van der Waals surface area contributed by atoms with Gasteiger partial charge in [-0.25, -0.2) is 0 Å². The number of ether oxygens (including phenoxy) is 2. The molecule has 2 aliphatic heterocycles. The Bertz CT molecular complexity index is 159. The van der Waals surface area contributed by atoms with Crippen molar-refractivity contribution in [3.8, 4) is 0 Å². The minimum absolute atomic E-state index is 0.0354. The second-order valence-corrected chi connectivity index (χ2v) is 2.56. The molecule has 0 saturated carbocycles. The van der Waals surface area contributed by atoms with E-state index in [9.17, 15) is 4.79 Å². The summed E-state index contributed by atoms with van der Waals surface area (Å²) in [4.78, 5) is 10.7. The average Bonchev–Trinajstić information content (AvgIpc) is 2.33. The summed E-state index contributed by atoms with van der Waals surface area (Å²) in [6.07, 6.45) is 0.0951. The number of rotatable bonds is 0. The molecule has 0 aromatic rings. The van der Waals surface area contributed by atoms with Gasteiger partial charge in [0, 0.05) is 0 Å². The molecule has 0 radical (unpaired) electrons. The van der Waals surface area contributed by atoms with Crippen molar-refractivity contribution in [3.05, 3.63) is 0 Å². The lowest BCUT2D eigenvalue weighted by molar-refractivity contribution is -0.134. The first-order valence-corrected chi connectivity index (χ1v) is 3.35. The molecule has 2 aliphatic rings. The molecule has 10 heavy (non-hydrogen) atoms. The fourth-order valence-corrected chi connectivity index (χ4v) is 1.26. The summed E-state index contributed by atoms with van der Waals surface area (Å²) in [6.45, 7) is 1.39. The van der Waals surface area contributed by atoms with E-state index in [-0.39, 0.29) is 24.7 Å². The summed E-state index contributed by atoms with van der Waals surface area (Å²) in [5, 5.41) is 2.79. The number of hydrogen-bond acceptors (Lipinski definition) is 3. The van der Waals surface area contributed by atoms with Gasteiger partial charge in [0.25, 0.3) is 0 Å². The van der Waals surface area contributed by atoms with Crippen LogP contribution in [0.4, 0.5) is 0 Å². The molecule has 0 aromatic heterocycles. The van der Waals surface area contributed by atoms with Crippen molar-refractivity contribution in [2.75, 3.05) is 19.8 Å². The van der Waals surface area contributed by atoms with Crippen molar-refractivity contribution in [2.45, 2.75) is 12.1 Å². The zero-order valence-electron chi connectivity index (χ0n) is 5.50. The monoisotopic (exact) mass is 143 g/mol. The van der Waals surface area contributed by atoms with E-state index in [1.807, 2.05) is 0 Å². The molecule has 0 spiro atoms. The van der Waals surface area contributed by atoms with Gasteiger partial charge in [0.1, 0.15) is 12.7 Å². The number of carbonyl (C=O) groups is 1. The quantitative estimate of drug-likeness (QED) is 0.468. The van der Waals surface area contributed by atoms with E-state index in [1.54, 1.807) is 0 Å². The van der Waals surface area contributed by atoms with E-state index < -0.39 is 0 Å².